The van der Waals surface area contributed by atoms with E-state index in [2.05, 4.69) is 4.72 Å². The summed E-state index contributed by atoms with van der Waals surface area (Å²) in [5.41, 5.74) is -0.621. The third kappa shape index (κ3) is 2.85. The Morgan fingerprint density at radius 2 is 2.05 bits per heavy atom. The number of rotatable bonds is 4. The molecule has 0 amide bonds. The van der Waals surface area contributed by atoms with Crippen molar-refractivity contribution in [2.75, 3.05) is 0 Å². The molecule has 0 atom stereocenters. The number of nitro groups is 1. The molecule has 2 N–H and O–H groups in total. The van der Waals surface area contributed by atoms with Crippen molar-refractivity contribution in [2.45, 2.75) is 30.7 Å². The van der Waals surface area contributed by atoms with Crippen LogP contribution in [0.25, 0.3) is 0 Å². The van der Waals surface area contributed by atoms with Crippen LogP contribution in [-0.4, -0.2) is 24.5 Å². The summed E-state index contributed by atoms with van der Waals surface area (Å²) in [6.45, 7) is 2.02. The Hall–Kier alpha value is -1.67. The van der Waals surface area contributed by atoms with Crippen LogP contribution < -0.4 is 4.72 Å². The van der Waals surface area contributed by atoms with Crippen LogP contribution in [0.5, 0.6) is 5.75 Å². The second kappa shape index (κ2) is 4.78. The molecule has 0 unspecified atom stereocenters. The van der Waals surface area contributed by atoms with Crippen LogP contribution in [0, 0.1) is 16.0 Å². The monoisotopic (exact) mass is 286 g/mol. The predicted octanol–water partition coefficient (Wildman–Crippen LogP) is 1.38. The SMILES string of the molecule is CC1CC(NS(=O)(=O)c2ccc(O)c([N+](=O)[O-])c2)C1. The van der Waals surface area contributed by atoms with Gasteiger partial charge in [0.25, 0.3) is 0 Å². The molecule has 2 rings (SSSR count). The van der Waals surface area contributed by atoms with Gasteiger partial charge in [-0.15, -0.1) is 0 Å². The molecule has 19 heavy (non-hydrogen) atoms. The molecule has 1 saturated carbocycles. The highest BCUT2D eigenvalue weighted by atomic mass is 32.2. The maximum absolute atomic E-state index is 12.0. The summed E-state index contributed by atoms with van der Waals surface area (Å²) < 4.78 is 26.5. The van der Waals surface area contributed by atoms with Gasteiger partial charge in [0, 0.05) is 12.1 Å². The minimum atomic E-state index is -3.78. The fourth-order valence-corrected chi connectivity index (χ4v) is 3.38. The number of phenols is 1. The lowest BCUT2D eigenvalue weighted by molar-refractivity contribution is -0.386. The highest BCUT2D eigenvalue weighted by Gasteiger charge is 2.30. The Labute approximate surface area is 110 Å². The van der Waals surface area contributed by atoms with E-state index in [1.54, 1.807) is 0 Å². The fraction of sp³-hybridized carbons (Fsp3) is 0.455. The number of aromatic hydroxyl groups is 1. The first-order valence-electron chi connectivity index (χ1n) is 5.79. The maximum atomic E-state index is 12.0. The number of benzene rings is 1. The van der Waals surface area contributed by atoms with Gasteiger partial charge in [-0.3, -0.25) is 10.1 Å². The van der Waals surface area contributed by atoms with Gasteiger partial charge in [0.05, 0.1) is 9.82 Å². The van der Waals surface area contributed by atoms with Gasteiger partial charge in [-0.1, -0.05) is 6.92 Å². The molecule has 0 saturated heterocycles. The van der Waals surface area contributed by atoms with Crippen LogP contribution in [-0.2, 0) is 10.0 Å². The van der Waals surface area contributed by atoms with Gasteiger partial charge in [-0.05, 0) is 30.9 Å². The van der Waals surface area contributed by atoms with Crippen LogP contribution in [0.3, 0.4) is 0 Å². The molecule has 0 radical (unpaired) electrons. The van der Waals surface area contributed by atoms with Crippen molar-refractivity contribution in [3.63, 3.8) is 0 Å². The molecule has 1 aromatic carbocycles. The van der Waals surface area contributed by atoms with Crippen molar-refractivity contribution in [1.29, 1.82) is 0 Å². The van der Waals surface area contributed by atoms with E-state index in [1.165, 1.54) is 0 Å². The topological polar surface area (TPSA) is 110 Å². The molecule has 104 valence electrons. The van der Waals surface area contributed by atoms with Crippen LogP contribution in [0.1, 0.15) is 19.8 Å². The zero-order valence-corrected chi connectivity index (χ0v) is 11.1. The van der Waals surface area contributed by atoms with Gasteiger partial charge in [0.2, 0.25) is 10.0 Å². The number of nitro benzene ring substituents is 1. The maximum Gasteiger partial charge on any atom is 0.312 e. The minimum Gasteiger partial charge on any atom is -0.502 e. The van der Waals surface area contributed by atoms with Crippen molar-refractivity contribution < 1.29 is 18.4 Å². The van der Waals surface area contributed by atoms with E-state index in [4.69, 9.17) is 0 Å². The third-order valence-corrected chi connectivity index (χ3v) is 4.67. The zero-order chi connectivity index (χ0) is 14.2. The summed E-state index contributed by atoms with van der Waals surface area (Å²) in [5, 5.41) is 20.0. The minimum absolute atomic E-state index is 0.118. The lowest BCUT2D eigenvalue weighted by Crippen LogP contribution is -2.43. The van der Waals surface area contributed by atoms with Gasteiger partial charge >= 0.3 is 5.69 Å². The van der Waals surface area contributed by atoms with Crippen molar-refractivity contribution >= 4 is 15.7 Å². The highest BCUT2D eigenvalue weighted by molar-refractivity contribution is 7.89. The second-order valence-corrected chi connectivity index (χ2v) is 6.52. The summed E-state index contributed by atoms with van der Waals surface area (Å²) in [7, 11) is -3.78. The Bertz CT molecular complexity index is 608. The van der Waals surface area contributed by atoms with Crippen molar-refractivity contribution in [2.24, 2.45) is 5.92 Å². The van der Waals surface area contributed by atoms with E-state index in [0.29, 0.717) is 5.92 Å². The van der Waals surface area contributed by atoms with Gasteiger partial charge in [0.1, 0.15) is 0 Å². The van der Waals surface area contributed by atoms with E-state index < -0.39 is 26.4 Å². The van der Waals surface area contributed by atoms with E-state index in [-0.39, 0.29) is 10.9 Å². The van der Waals surface area contributed by atoms with Gasteiger partial charge in [-0.2, -0.15) is 0 Å². The van der Waals surface area contributed by atoms with Crippen LogP contribution in [0.4, 0.5) is 5.69 Å². The molecule has 0 heterocycles. The number of nitrogens with zero attached hydrogens (tertiary/aromatic N) is 1. The standard InChI is InChI=1S/C11H14N2O5S/c1-7-4-8(5-7)12-19(17,18)9-2-3-11(14)10(6-9)13(15)16/h2-3,6-8,12,14H,4-5H2,1H3. The summed E-state index contributed by atoms with van der Waals surface area (Å²) in [6.07, 6.45) is 1.53. The van der Waals surface area contributed by atoms with E-state index >= 15 is 0 Å². The van der Waals surface area contributed by atoms with Crippen molar-refractivity contribution in [1.82, 2.24) is 4.72 Å². The first-order chi connectivity index (χ1) is 8.79. The summed E-state index contributed by atoms with van der Waals surface area (Å²) in [4.78, 5) is 9.63. The summed E-state index contributed by atoms with van der Waals surface area (Å²) >= 11 is 0. The lowest BCUT2D eigenvalue weighted by Gasteiger charge is -2.32. The van der Waals surface area contributed by atoms with Gasteiger partial charge in [0.15, 0.2) is 5.75 Å². The van der Waals surface area contributed by atoms with E-state index in [1.807, 2.05) is 6.92 Å². The molecule has 0 aliphatic heterocycles. The van der Waals surface area contributed by atoms with E-state index in [9.17, 15) is 23.6 Å². The fourth-order valence-electron chi connectivity index (χ4n) is 2.10. The van der Waals surface area contributed by atoms with Crippen LogP contribution in [0.2, 0.25) is 0 Å². The number of nitrogens with one attached hydrogen (secondary N) is 1. The Balaban J connectivity index is 2.25. The number of hydrogen-bond donors (Lipinski definition) is 2. The first kappa shape index (κ1) is 13.8. The number of phenolic OH excluding ortho intramolecular Hbond substituents is 1. The quantitative estimate of drug-likeness (QED) is 0.641. The van der Waals surface area contributed by atoms with Crippen LogP contribution in [0.15, 0.2) is 23.1 Å². The predicted molar refractivity (Wildman–Crippen MR) is 67.3 cm³/mol. The average molecular weight is 286 g/mol. The van der Waals surface area contributed by atoms with Gasteiger partial charge < -0.3 is 5.11 Å². The molecule has 8 heteroatoms. The molecule has 7 nitrogen and oxygen atoms in total. The van der Waals surface area contributed by atoms with Crippen molar-refractivity contribution in [3.05, 3.63) is 28.3 Å². The molecule has 1 fully saturated rings. The first-order valence-corrected chi connectivity index (χ1v) is 7.27. The number of hydrogen-bond acceptors (Lipinski definition) is 5. The summed E-state index contributed by atoms with van der Waals surface area (Å²) in [6, 6.07) is 2.90. The van der Waals surface area contributed by atoms with E-state index in [0.717, 1.165) is 31.0 Å². The van der Waals surface area contributed by atoms with Crippen molar-refractivity contribution in [3.8, 4) is 5.75 Å². The normalized spacial score (nSPS) is 22.8. The molecular formula is C11H14N2O5S. The Morgan fingerprint density at radius 3 is 2.58 bits per heavy atom. The molecule has 0 spiro atoms. The van der Waals surface area contributed by atoms with Crippen LogP contribution >= 0.6 is 0 Å². The highest BCUT2D eigenvalue weighted by Crippen LogP contribution is 2.30. The third-order valence-electron chi connectivity index (χ3n) is 3.15. The van der Waals surface area contributed by atoms with Gasteiger partial charge in [-0.25, -0.2) is 13.1 Å². The molecule has 0 bridgehead atoms. The Kier molecular flexibility index (Phi) is 3.46. The molecule has 1 aromatic rings. The molecule has 1 aliphatic carbocycles. The number of sulfonamides is 1. The lowest BCUT2D eigenvalue weighted by atomic mass is 9.83. The molecular weight excluding hydrogens is 272 g/mol. The largest absolute Gasteiger partial charge is 0.502 e. The molecule has 1 aliphatic rings. The Morgan fingerprint density at radius 1 is 1.42 bits per heavy atom. The smallest absolute Gasteiger partial charge is 0.312 e. The second-order valence-electron chi connectivity index (χ2n) is 4.80. The molecule has 0 aromatic heterocycles. The zero-order valence-electron chi connectivity index (χ0n) is 10.2. The average Bonchev–Trinajstić information content (AvgIpc) is 2.26. The summed E-state index contributed by atoms with van der Waals surface area (Å²) in [5.74, 6) is -0.0666.